The normalized spacial score (nSPS) is 13.3. The number of rotatable bonds is 5. The number of aryl methyl sites for hydroxylation is 2. The highest BCUT2D eigenvalue weighted by Gasteiger charge is 2.28. The number of allylic oxidation sites excluding steroid dienone is 1. The number of nitrogens with zero attached hydrogens (tertiary/aromatic N) is 3. The van der Waals surface area contributed by atoms with E-state index in [0.717, 1.165) is 64.4 Å². The number of nitriles is 1. The SMILES string of the molecule is Cc1cc(/C=C(/C#N)c2nc3ccc(F)cc3[nH]2)c(C)n1-c1sc2c(c1C(=O)Nc1ccccc1)CCCC2. The van der Waals surface area contributed by atoms with Crippen LogP contribution in [-0.2, 0) is 12.8 Å². The summed E-state index contributed by atoms with van der Waals surface area (Å²) in [6.45, 7) is 4.01. The van der Waals surface area contributed by atoms with Gasteiger partial charge in [-0.2, -0.15) is 5.26 Å². The molecular formula is C31H26FN5OS. The van der Waals surface area contributed by atoms with E-state index in [9.17, 15) is 14.4 Å². The Labute approximate surface area is 229 Å². The Hall–Kier alpha value is -4.48. The summed E-state index contributed by atoms with van der Waals surface area (Å²) >= 11 is 1.68. The second kappa shape index (κ2) is 10.0. The van der Waals surface area contributed by atoms with Gasteiger partial charge in [0.1, 0.15) is 22.7 Å². The molecule has 8 heteroatoms. The number of imidazole rings is 1. The average molecular weight is 536 g/mol. The van der Waals surface area contributed by atoms with Gasteiger partial charge in [-0.15, -0.1) is 11.3 Å². The molecule has 0 saturated carbocycles. The Kier molecular flexibility index (Phi) is 6.37. The fraction of sp³-hybridized carbons (Fsp3) is 0.194. The number of para-hydroxylation sites is 1. The van der Waals surface area contributed by atoms with E-state index in [0.29, 0.717) is 22.4 Å². The van der Waals surface area contributed by atoms with E-state index in [4.69, 9.17) is 0 Å². The van der Waals surface area contributed by atoms with Crippen LogP contribution in [0.5, 0.6) is 0 Å². The lowest BCUT2D eigenvalue weighted by Gasteiger charge is -2.14. The van der Waals surface area contributed by atoms with Gasteiger partial charge in [0.15, 0.2) is 0 Å². The lowest BCUT2D eigenvalue weighted by atomic mass is 9.95. The molecule has 0 saturated heterocycles. The molecule has 2 aromatic carbocycles. The fourth-order valence-corrected chi connectivity index (χ4v) is 6.82. The molecule has 3 aromatic heterocycles. The van der Waals surface area contributed by atoms with Crippen molar-refractivity contribution in [3.8, 4) is 11.1 Å². The molecule has 6 rings (SSSR count). The molecule has 0 fully saturated rings. The summed E-state index contributed by atoms with van der Waals surface area (Å²) in [6.07, 6.45) is 5.85. The molecule has 3 heterocycles. The predicted octanol–water partition coefficient (Wildman–Crippen LogP) is 7.37. The van der Waals surface area contributed by atoms with Crippen molar-refractivity contribution >= 4 is 45.6 Å². The molecule has 194 valence electrons. The predicted molar refractivity (Wildman–Crippen MR) is 154 cm³/mol. The van der Waals surface area contributed by atoms with Crippen LogP contribution in [0.4, 0.5) is 10.1 Å². The summed E-state index contributed by atoms with van der Waals surface area (Å²) in [5.41, 5.74) is 6.87. The van der Waals surface area contributed by atoms with Crippen LogP contribution in [0.1, 0.15) is 56.4 Å². The number of halogens is 1. The summed E-state index contributed by atoms with van der Waals surface area (Å²) in [4.78, 5) is 22.5. The van der Waals surface area contributed by atoms with Gasteiger partial charge in [-0.05, 0) is 93.1 Å². The van der Waals surface area contributed by atoms with Crippen LogP contribution >= 0.6 is 11.3 Å². The zero-order valence-corrected chi connectivity index (χ0v) is 22.5. The second-order valence-electron chi connectivity index (χ2n) is 9.79. The number of carbonyl (C=O) groups is 1. The van der Waals surface area contributed by atoms with Crippen LogP contribution in [0.25, 0.3) is 27.7 Å². The first kappa shape index (κ1) is 24.8. The Morgan fingerprint density at radius 1 is 1.15 bits per heavy atom. The van der Waals surface area contributed by atoms with Crippen molar-refractivity contribution in [3.63, 3.8) is 0 Å². The number of fused-ring (bicyclic) bond motifs is 2. The number of hydrogen-bond donors (Lipinski definition) is 2. The highest BCUT2D eigenvalue weighted by Crippen LogP contribution is 2.39. The van der Waals surface area contributed by atoms with Gasteiger partial charge < -0.3 is 14.9 Å². The number of amides is 1. The number of H-pyrrole nitrogens is 1. The van der Waals surface area contributed by atoms with Gasteiger partial charge in [0.05, 0.1) is 22.2 Å². The Bertz CT molecular complexity index is 1800. The van der Waals surface area contributed by atoms with Crippen molar-refractivity contribution in [2.45, 2.75) is 39.5 Å². The first-order valence-electron chi connectivity index (χ1n) is 12.9. The lowest BCUT2D eigenvalue weighted by Crippen LogP contribution is -2.17. The molecule has 0 unspecified atom stereocenters. The van der Waals surface area contributed by atoms with E-state index in [2.05, 4.69) is 25.9 Å². The van der Waals surface area contributed by atoms with Crippen molar-refractivity contribution in [1.82, 2.24) is 14.5 Å². The minimum absolute atomic E-state index is 0.104. The number of carbonyl (C=O) groups excluding carboxylic acids is 1. The monoisotopic (exact) mass is 535 g/mol. The van der Waals surface area contributed by atoms with E-state index < -0.39 is 0 Å². The summed E-state index contributed by atoms with van der Waals surface area (Å²) in [5, 5.41) is 14.0. The Morgan fingerprint density at radius 2 is 1.95 bits per heavy atom. The van der Waals surface area contributed by atoms with Crippen molar-refractivity contribution in [2.75, 3.05) is 5.32 Å². The molecule has 0 aliphatic heterocycles. The maximum absolute atomic E-state index is 13.7. The maximum Gasteiger partial charge on any atom is 0.258 e. The van der Waals surface area contributed by atoms with Gasteiger partial charge in [-0.1, -0.05) is 18.2 Å². The first-order valence-corrected chi connectivity index (χ1v) is 13.7. The van der Waals surface area contributed by atoms with Crippen LogP contribution in [0.3, 0.4) is 0 Å². The minimum atomic E-state index is -0.366. The van der Waals surface area contributed by atoms with Gasteiger partial charge in [-0.25, -0.2) is 9.37 Å². The van der Waals surface area contributed by atoms with Crippen molar-refractivity contribution in [1.29, 1.82) is 5.26 Å². The topological polar surface area (TPSA) is 86.5 Å². The smallest absolute Gasteiger partial charge is 0.258 e. The number of nitrogens with one attached hydrogen (secondary N) is 2. The highest BCUT2D eigenvalue weighted by molar-refractivity contribution is 7.15. The van der Waals surface area contributed by atoms with Crippen LogP contribution in [0, 0.1) is 31.0 Å². The molecule has 5 aromatic rings. The van der Waals surface area contributed by atoms with Crippen LogP contribution in [-0.4, -0.2) is 20.4 Å². The largest absolute Gasteiger partial charge is 0.337 e. The summed E-state index contributed by atoms with van der Waals surface area (Å²) in [6, 6.07) is 18.1. The van der Waals surface area contributed by atoms with Gasteiger partial charge in [0.2, 0.25) is 0 Å². The third kappa shape index (κ3) is 4.55. The van der Waals surface area contributed by atoms with E-state index in [1.807, 2.05) is 50.2 Å². The van der Waals surface area contributed by atoms with Crippen molar-refractivity contribution < 1.29 is 9.18 Å². The molecular weight excluding hydrogens is 509 g/mol. The quantitative estimate of drug-likeness (QED) is 0.230. The molecule has 0 radical (unpaired) electrons. The number of hydrogen-bond acceptors (Lipinski definition) is 4. The number of anilines is 1. The molecule has 39 heavy (non-hydrogen) atoms. The molecule has 1 aliphatic carbocycles. The molecule has 1 aliphatic rings. The minimum Gasteiger partial charge on any atom is -0.337 e. The molecule has 0 bridgehead atoms. The summed E-state index contributed by atoms with van der Waals surface area (Å²) in [5.74, 6) is -0.0840. The summed E-state index contributed by atoms with van der Waals surface area (Å²) in [7, 11) is 0. The second-order valence-corrected chi connectivity index (χ2v) is 10.9. The Morgan fingerprint density at radius 3 is 2.74 bits per heavy atom. The first-order chi connectivity index (χ1) is 18.9. The van der Waals surface area contributed by atoms with E-state index in [1.165, 1.54) is 17.0 Å². The van der Waals surface area contributed by atoms with Crippen molar-refractivity contribution in [2.24, 2.45) is 0 Å². The molecule has 0 atom stereocenters. The Balaban J connectivity index is 1.43. The van der Waals surface area contributed by atoms with Gasteiger partial charge in [0, 0.05) is 22.0 Å². The standard InChI is InChI=1S/C31H26FN5OS/c1-18-14-20(15-21(17-33)29-35-25-13-12-22(32)16-26(25)36-29)19(2)37(18)31-28(24-10-6-7-11-27(24)39-31)30(38)34-23-8-4-3-5-9-23/h3-5,8-9,12-16H,6-7,10-11H2,1-2H3,(H,34,38)(H,35,36)/b21-15-. The molecule has 6 nitrogen and oxygen atoms in total. The zero-order valence-electron chi connectivity index (χ0n) is 21.6. The van der Waals surface area contributed by atoms with Crippen LogP contribution in [0.2, 0.25) is 0 Å². The van der Waals surface area contributed by atoms with E-state index >= 15 is 0 Å². The highest BCUT2D eigenvalue weighted by atomic mass is 32.1. The molecule has 0 spiro atoms. The van der Waals surface area contributed by atoms with Gasteiger partial charge in [0.25, 0.3) is 5.91 Å². The van der Waals surface area contributed by atoms with Gasteiger partial charge in [-0.3, -0.25) is 4.79 Å². The van der Waals surface area contributed by atoms with E-state index in [-0.39, 0.29) is 11.7 Å². The average Bonchev–Trinajstić information content (AvgIpc) is 3.60. The van der Waals surface area contributed by atoms with E-state index in [1.54, 1.807) is 23.5 Å². The zero-order chi connectivity index (χ0) is 27.1. The van der Waals surface area contributed by atoms with Crippen LogP contribution < -0.4 is 5.32 Å². The maximum atomic E-state index is 13.7. The third-order valence-corrected chi connectivity index (χ3v) is 8.48. The molecule has 2 N–H and O–H groups in total. The van der Waals surface area contributed by atoms with Gasteiger partial charge >= 0.3 is 0 Å². The number of benzene rings is 2. The lowest BCUT2D eigenvalue weighted by molar-refractivity contribution is 0.102. The van der Waals surface area contributed by atoms with Crippen LogP contribution in [0.15, 0.2) is 54.6 Å². The number of aromatic amines is 1. The number of thiophene rings is 1. The van der Waals surface area contributed by atoms with Crippen molar-refractivity contribution in [3.05, 3.63) is 99.2 Å². The number of aromatic nitrogens is 3. The molecule has 1 amide bonds. The summed E-state index contributed by atoms with van der Waals surface area (Å²) < 4.78 is 15.8. The fourth-order valence-electron chi connectivity index (χ4n) is 5.32. The third-order valence-electron chi connectivity index (χ3n) is 7.20.